The average molecular weight is 368 g/mol. The zero-order chi connectivity index (χ0) is 19.8. The lowest BCUT2D eigenvalue weighted by atomic mass is 9.95. The van der Waals surface area contributed by atoms with Crippen molar-refractivity contribution < 1.29 is 13.6 Å². The van der Waals surface area contributed by atoms with Crippen LogP contribution in [0.5, 0.6) is 0 Å². The van der Waals surface area contributed by atoms with Gasteiger partial charge >= 0.3 is 11.3 Å². The molecule has 0 N–H and O–H groups in total. The first kappa shape index (κ1) is 17.0. The van der Waals surface area contributed by atoms with E-state index in [-0.39, 0.29) is 33.1 Å². The first-order valence-electron chi connectivity index (χ1n) is 8.03. The van der Waals surface area contributed by atoms with Crippen molar-refractivity contribution in [2.24, 2.45) is 0 Å². The Balaban J connectivity index is 2.11. The molecule has 2 aromatic heterocycles. The van der Waals surface area contributed by atoms with E-state index in [1.165, 1.54) is 24.3 Å². The molecular formula is C21H8N2O5. The zero-order valence-corrected chi connectivity index (χ0v) is 14.1. The van der Waals surface area contributed by atoms with Crippen molar-refractivity contribution in [1.82, 2.24) is 0 Å². The van der Waals surface area contributed by atoms with Crippen LogP contribution < -0.4 is 11.3 Å². The van der Waals surface area contributed by atoms with Gasteiger partial charge in [-0.05, 0) is 24.3 Å². The molecule has 0 spiro atoms. The van der Waals surface area contributed by atoms with Crippen LogP contribution in [0, 0.1) is 22.7 Å². The van der Waals surface area contributed by atoms with Gasteiger partial charge in [0.2, 0.25) is 5.78 Å². The van der Waals surface area contributed by atoms with Crippen LogP contribution in [-0.2, 0) is 0 Å². The zero-order valence-electron chi connectivity index (χ0n) is 14.1. The number of fused-ring (bicyclic) bond motifs is 2. The summed E-state index contributed by atoms with van der Waals surface area (Å²) in [6.07, 6.45) is 0. The molecule has 7 heteroatoms. The standard InChI is InChI=1S/C21H8N2O5/c22-9-13-11-5-1-3-7-15(11)27-20(25)17(13)19(24)18-14(10-23)12-6-2-4-8-16(12)28-21(18)26/h1-8H. The van der Waals surface area contributed by atoms with E-state index in [1.54, 1.807) is 24.3 Å². The summed E-state index contributed by atoms with van der Waals surface area (Å²) in [5.41, 5.74) is -3.56. The second kappa shape index (κ2) is 6.35. The monoisotopic (exact) mass is 368 g/mol. The molecule has 2 aromatic carbocycles. The van der Waals surface area contributed by atoms with Gasteiger partial charge in [0.05, 0.1) is 11.1 Å². The third-order valence-electron chi connectivity index (χ3n) is 4.30. The van der Waals surface area contributed by atoms with Crippen LogP contribution in [0.25, 0.3) is 21.9 Å². The smallest absolute Gasteiger partial charge is 0.348 e. The van der Waals surface area contributed by atoms with Gasteiger partial charge in [0, 0.05) is 10.8 Å². The molecule has 0 atom stereocenters. The van der Waals surface area contributed by atoms with Crippen LogP contribution in [0.15, 0.2) is 67.0 Å². The molecule has 0 unspecified atom stereocenters. The van der Waals surface area contributed by atoms with E-state index in [0.717, 1.165) is 0 Å². The summed E-state index contributed by atoms with van der Waals surface area (Å²) in [6, 6.07) is 16.1. The number of hydrogen-bond donors (Lipinski definition) is 0. The average Bonchev–Trinajstić information content (AvgIpc) is 2.71. The van der Waals surface area contributed by atoms with Crippen LogP contribution in [0.4, 0.5) is 0 Å². The lowest BCUT2D eigenvalue weighted by Crippen LogP contribution is -2.24. The van der Waals surface area contributed by atoms with E-state index in [0.29, 0.717) is 0 Å². The first-order valence-corrected chi connectivity index (χ1v) is 8.03. The minimum Gasteiger partial charge on any atom is -0.422 e. The number of ketones is 1. The highest BCUT2D eigenvalue weighted by Gasteiger charge is 2.28. The SMILES string of the molecule is N#Cc1c(C(=O)c2c(C#N)c3ccccc3oc2=O)c(=O)oc2ccccc12. The molecule has 4 rings (SSSR count). The van der Waals surface area contributed by atoms with Gasteiger partial charge in [0.25, 0.3) is 0 Å². The Morgan fingerprint density at radius 3 is 1.50 bits per heavy atom. The second-order valence-corrected chi connectivity index (χ2v) is 5.82. The van der Waals surface area contributed by atoms with Crippen molar-refractivity contribution in [1.29, 1.82) is 10.5 Å². The van der Waals surface area contributed by atoms with Crippen LogP contribution in [0.3, 0.4) is 0 Å². The first-order chi connectivity index (χ1) is 13.6. The molecule has 0 fully saturated rings. The molecule has 2 heterocycles. The molecule has 28 heavy (non-hydrogen) atoms. The maximum atomic E-state index is 13.1. The molecule has 0 bridgehead atoms. The van der Waals surface area contributed by atoms with E-state index in [9.17, 15) is 24.9 Å². The van der Waals surface area contributed by atoms with Crippen molar-refractivity contribution in [2.45, 2.75) is 0 Å². The van der Waals surface area contributed by atoms with Gasteiger partial charge in [-0.15, -0.1) is 0 Å². The topological polar surface area (TPSA) is 125 Å². The Labute approximate surface area is 156 Å². The predicted molar refractivity (Wildman–Crippen MR) is 97.8 cm³/mol. The number of rotatable bonds is 2. The summed E-state index contributed by atoms with van der Waals surface area (Å²) in [4.78, 5) is 38.0. The van der Waals surface area contributed by atoms with Gasteiger partial charge in [0.15, 0.2) is 0 Å². The number of para-hydroxylation sites is 2. The van der Waals surface area contributed by atoms with Gasteiger partial charge in [-0.25, -0.2) is 9.59 Å². The van der Waals surface area contributed by atoms with Crippen LogP contribution in [0.2, 0.25) is 0 Å². The summed E-state index contributed by atoms with van der Waals surface area (Å²) in [5.74, 6) is -1.09. The Bertz CT molecular complexity index is 1380. The van der Waals surface area contributed by atoms with Crippen molar-refractivity contribution in [3.8, 4) is 12.1 Å². The molecule has 0 aliphatic carbocycles. The Morgan fingerprint density at radius 1 is 0.714 bits per heavy atom. The van der Waals surface area contributed by atoms with Crippen LogP contribution >= 0.6 is 0 Å². The Kier molecular flexibility index (Phi) is 3.84. The maximum Gasteiger partial charge on any atom is 0.348 e. The lowest BCUT2D eigenvalue weighted by molar-refractivity contribution is 0.103. The molecule has 0 aliphatic rings. The normalized spacial score (nSPS) is 10.5. The number of hydrogen-bond acceptors (Lipinski definition) is 7. The van der Waals surface area contributed by atoms with Crippen molar-refractivity contribution in [3.63, 3.8) is 0 Å². The Morgan fingerprint density at radius 2 is 1.11 bits per heavy atom. The minimum absolute atomic E-state index is 0.131. The molecule has 0 saturated carbocycles. The largest absolute Gasteiger partial charge is 0.422 e. The van der Waals surface area contributed by atoms with Crippen molar-refractivity contribution in [2.75, 3.05) is 0 Å². The molecule has 4 aromatic rings. The molecule has 0 saturated heterocycles. The van der Waals surface area contributed by atoms with Gasteiger partial charge in [-0.1, -0.05) is 24.3 Å². The number of benzene rings is 2. The molecular weight excluding hydrogens is 360 g/mol. The minimum atomic E-state index is -1.09. The van der Waals surface area contributed by atoms with Gasteiger partial charge < -0.3 is 8.83 Å². The third-order valence-corrected chi connectivity index (χ3v) is 4.30. The van der Waals surface area contributed by atoms with E-state index in [2.05, 4.69) is 0 Å². The number of carbonyl (C=O) groups excluding carboxylic acids is 1. The highest BCUT2D eigenvalue weighted by atomic mass is 16.4. The number of carbonyl (C=O) groups is 1. The number of nitriles is 2. The fraction of sp³-hybridized carbons (Fsp3) is 0. The van der Waals surface area contributed by atoms with Crippen LogP contribution in [0.1, 0.15) is 27.0 Å². The second-order valence-electron chi connectivity index (χ2n) is 5.82. The van der Waals surface area contributed by atoms with E-state index >= 15 is 0 Å². The summed E-state index contributed by atoms with van der Waals surface area (Å²) < 4.78 is 10.3. The fourth-order valence-electron chi connectivity index (χ4n) is 3.07. The highest BCUT2D eigenvalue weighted by molar-refractivity contribution is 6.14. The van der Waals surface area contributed by atoms with E-state index in [4.69, 9.17) is 8.83 Å². The van der Waals surface area contributed by atoms with Gasteiger partial charge in [-0.2, -0.15) is 10.5 Å². The summed E-state index contributed by atoms with van der Waals surface area (Å²) in [5, 5.41) is 19.6. The third kappa shape index (κ3) is 2.39. The van der Waals surface area contributed by atoms with Crippen molar-refractivity contribution in [3.05, 3.63) is 91.6 Å². The molecule has 0 aliphatic heterocycles. The van der Waals surface area contributed by atoms with Gasteiger partial charge in [0.1, 0.15) is 34.4 Å². The number of nitrogens with zero attached hydrogens (tertiary/aromatic N) is 2. The maximum absolute atomic E-state index is 13.1. The highest BCUT2D eigenvalue weighted by Crippen LogP contribution is 2.24. The summed E-state index contributed by atoms with van der Waals surface area (Å²) in [7, 11) is 0. The Hall–Kier alpha value is -4.49. The summed E-state index contributed by atoms with van der Waals surface area (Å²) >= 11 is 0. The van der Waals surface area contributed by atoms with E-state index in [1.807, 2.05) is 12.1 Å². The molecule has 132 valence electrons. The molecule has 0 radical (unpaired) electrons. The summed E-state index contributed by atoms with van der Waals surface area (Å²) in [6.45, 7) is 0. The van der Waals surface area contributed by atoms with E-state index < -0.39 is 28.2 Å². The van der Waals surface area contributed by atoms with Crippen molar-refractivity contribution >= 4 is 27.7 Å². The fourth-order valence-corrected chi connectivity index (χ4v) is 3.07. The molecule has 0 amide bonds. The van der Waals surface area contributed by atoms with Crippen LogP contribution in [-0.4, -0.2) is 5.78 Å². The lowest BCUT2D eigenvalue weighted by Gasteiger charge is -2.07. The quantitative estimate of drug-likeness (QED) is 0.393. The predicted octanol–water partition coefficient (Wildman–Crippen LogP) is 2.87. The molecule has 7 nitrogen and oxygen atoms in total. The van der Waals surface area contributed by atoms with Gasteiger partial charge in [-0.3, -0.25) is 4.79 Å².